The van der Waals surface area contributed by atoms with Gasteiger partial charge in [0.15, 0.2) is 18.4 Å². The van der Waals surface area contributed by atoms with Gasteiger partial charge in [0.2, 0.25) is 0 Å². The van der Waals surface area contributed by atoms with Crippen LogP contribution in [-0.4, -0.2) is 124 Å². The number of aliphatic hydroxyl groups is 6. The molecule has 4 saturated heterocycles. The van der Waals surface area contributed by atoms with Gasteiger partial charge in [-0.2, -0.15) is 0 Å². The molecule has 0 aromatic rings. The van der Waals surface area contributed by atoms with Gasteiger partial charge in [-0.3, -0.25) is 0 Å². The molecule has 50 heavy (non-hydrogen) atoms. The van der Waals surface area contributed by atoms with E-state index in [2.05, 4.69) is 27.7 Å². The molecule has 0 aromatic heterocycles. The van der Waals surface area contributed by atoms with Crippen LogP contribution in [0.15, 0.2) is 0 Å². The van der Waals surface area contributed by atoms with Crippen LogP contribution in [0.4, 0.5) is 0 Å². The quantitative estimate of drug-likeness (QED) is 0.230. The Bertz CT molecular complexity index is 1210. The lowest BCUT2D eigenvalue weighted by Crippen LogP contribution is -2.62. The summed E-state index contributed by atoms with van der Waals surface area (Å²) in [6, 6.07) is 0. The van der Waals surface area contributed by atoms with Crippen molar-refractivity contribution in [3.05, 3.63) is 0 Å². The van der Waals surface area contributed by atoms with Crippen molar-refractivity contribution >= 4 is 0 Å². The highest BCUT2D eigenvalue weighted by molar-refractivity contribution is 5.15. The number of rotatable bonds is 5. The highest BCUT2D eigenvalue weighted by Crippen LogP contribution is 2.71. The van der Waals surface area contributed by atoms with Crippen molar-refractivity contribution in [2.75, 3.05) is 19.8 Å². The van der Waals surface area contributed by atoms with E-state index in [1.807, 2.05) is 0 Å². The van der Waals surface area contributed by atoms with Crippen LogP contribution in [0.2, 0.25) is 0 Å². The summed E-state index contributed by atoms with van der Waals surface area (Å²) in [6.45, 7) is 9.90. The van der Waals surface area contributed by atoms with E-state index in [0.717, 1.165) is 38.2 Å². The van der Waals surface area contributed by atoms with E-state index in [1.54, 1.807) is 0 Å². The van der Waals surface area contributed by atoms with Crippen molar-refractivity contribution in [3.63, 3.8) is 0 Å². The fourth-order valence-electron chi connectivity index (χ4n) is 12.9. The van der Waals surface area contributed by atoms with Gasteiger partial charge in [0.1, 0.15) is 42.7 Å². The van der Waals surface area contributed by atoms with Crippen LogP contribution in [0.1, 0.15) is 91.9 Å². The van der Waals surface area contributed by atoms with Gasteiger partial charge in [-0.25, -0.2) is 0 Å². The maximum atomic E-state index is 11.0. The lowest BCUT2D eigenvalue weighted by molar-refractivity contribution is -0.347. The molecule has 4 saturated carbocycles. The van der Waals surface area contributed by atoms with Gasteiger partial charge in [0, 0.05) is 12.3 Å². The van der Waals surface area contributed by atoms with Gasteiger partial charge in [-0.05, 0) is 104 Å². The van der Waals surface area contributed by atoms with Crippen LogP contribution in [-0.2, 0) is 28.4 Å². The normalized spacial score (nSPS) is 59.4. The lowest BCUT2D eigenvalue weighted by Gasteiger charge is -2.61. The first-order chi connectivity index (χ1) is 23.8. The molecule has 4 aliphatic carbocycles. The fourth-order valence-corrected chi connectivity index (χ4v) is 12.9. The second-order valence-electron chi connectivity index (χ2n) is 18.3. The number of fused-ring (bicyclic) bond motifs is 7. The third-order valence-electron chi connectivity index (χ3n) is 15.8. The Morgan fingerprint density at radius 2 is 1.48 bits per heavy atom. The molecule has 0 aromatic carbocycles. The summed E-state index contributed by atoms with van der Waals surface area (Å²) in [5.41, 5.74) is 0.540. The van der Waals surface area contributed by atoms with Crippen molar-refractivity contribution in [1.29, 1.82) is 0 Å². The third kappa shape index (κ3) is 5.68. The summed E-state index contributed by atoms with van der Waals surface area (Å²) in [5, 5.41) is 62.0. The smallest absolute Gasteiger partial charge is 0.187 e. The van der Waals surface area contributed by atoms with Crippen LogP contribution in [0, 0.1) is 52.3 Å². The van der Waals surface area contributed by atoms with Crippen LogP contribution in [0.25, 0.3) is 0 Å². The van der Waals surface area contributed by atoms with Gasteiger partial charge in [0.25, 0.3) is 0 Å². The molecule has 8 fully saturated rings. The van der Waals surface area contributed by atoms with Gasteiger partial charge >= 0.3 is 0 Å². The first-order valence-electron chi connectivity index (χ1n) is 19.7. The average molecular weight is 711 g/mol. The van der Waals surface area contributed by atoms with Gasteiger partial charge < -0.3 is 59.1 Å². The van der Waals surface area contributed by atoms with Crippen molar-refractivity contribution in [3.8, 4) is 0 Å². The lowest BCUT2D eigenvalue weighted by atomic mass is 9.44. The van der Waals surface area contributed by atoms with Crippen molar-refractivity contribution in [1.82, 2.24) is 0 Å². The highest BCUT2D eigenvalue weighted by atomic mass is 16.7. The van der Waals surface area contributed by atoms with Gasteiger partial charge in [-0.15, -0.1) is 0 Å². The van der Waals surface area contributed by atoms with E-state index >= 15 is 0 Å². The number of ether oxygens (including phenoxy) is 6. The van der Waals surface area contributed by atoms with E-state index in [-0.39, 0.29) is 23.9 Å². The molecule has 8 aliphatic rings. The highest BCUT2D eigenvalue weighted by Gasteiger charge is 2.69. The zero-order chi connectivity index (χ0) is 35.3. The zero-order valence-electron chi connectivity index (χ0n) is 30.2. The van der Waals surface area contributed by atoms with E-state index < -0.39 is 61.9 Å². The molecule has 21 atom stereocenters. The molecule has 286 valence electrons. The first kappa shape index (κ1) is 36.5. The third-order valence-corrected chi connectivity index (χ3v) is 15.8. The molecular weight excluding hydrogens is 648 g/mol. The largest absolute Gasteiger partial charge is 0.394 e. The molecule has 4 aliphatic heterocycles. The number of hydrogen-bond acceptors (Lipinski definition) is 12. The van der Waals surface area contributed by atoms with Crippen molar-refractivity contribution < 1.29 is 59.1 Å². The second kappa shape index (κ2) is 13.4. The van der Waals surface area contributed by atoms with Gasteiger partial charge in [0.05, 0.1) is 32.0 Å². The minimum Gasteiger partial charge on any atom is -0.394 e. The zero-order valence-corrected chi connectivity index (χ0v) is 30.2. The molecule has 8 rings (SSSR count). The summed E-state index contributed by atoms with van der Waals surface area (Å²) < 4.78 is 36.9. The molecule has 0 radical (unpaired) electrons. The Labute approximate surface area is 296 Å². The predicted molar refractivity (Wildman–Crippen MR) is 177 cm³/mol. The summed E-state index contributed by atoms with van der Waals surface area (Å²) in [6.07, 6.45) is -0.870. The molecule has 6 N–H and O–H groups in total. The fraction of sp³-hybridized carbons (Fsp3) is 1.00. The van der Waals surface area contributed by atoms with Crippen molar-refractivity contribution in [2.45, 2.75) is 165 Å². The Balaban J connectivity index is 0.869. The van der Waals surface area contributed by atoms with Crippen LogP contribution >= 0.6 is 0 Å². The second-order valence-corrected chi connectivity index (χ2v) is 18.3. The minimum absolute atomic E-state index is 0.0947. The molecular formula is C38H62O12. The molecule has 0 amide bonds. The summed E-state index contributed by atoms with van der Waals surface area (Å²) >= 11 is 0. The summed E-state index contributed by atoms with van der Waals surface area (Å²) in [7, 11) is 0. The molecule has 12 heteroatoms. The monoisotopic (exact) mass is 710 g/mol. The standard InChI is InChI=1S/C38H62O12/c1-18-7-12-38(46-16-18)19(2)28-25(50-38)14-24-22-6-5-20-13-21(8-10-36(20,3)23(22)9-11-37(24,28)4)47-34-32(43)30(41)27(17-45-34)49-35-33(44)31(42)29(40)26(15-39)48-35/h18-35,39-44H,5-17H2,1-4H3/t18?,19?,20?,21?,22?,23?,24?,25?,26-,27+,28?,29-,30+,31+,32-,33-,34+,35+,36?,37?,38?/m1/s1. The Morgan fingerprint density at radius 1 is 0.720 bits per heavy atom. The topological polar surface area (TPSA) is 177 Å². The average Bonchev–Trinajstić information content (AvgIpc) is 3.55. The number of hydrogen-bond donors (Lipinski definition) is 6. The van der Waals surface area contributed by atoms with E-state index in [1.165, 1.54) is 38.5 Å². The van der Waals surface area contributed by atoms with Crippen molar-refractivity contribution in [2.24, 2.45) is 52.3 Å². The van der Waals surface area contributed by atoms with Crippen LogP contribution in [0.3, 0.4) is 0 Å². The molecule has 1 spiro atoms. The maximum absolute atomic E-state index is 11.0. The first-order valence-corrected chi connectivity index (χ1v) is 19.7. The van der Waals surface area contributed by atoms with Crippen LogP contribution < -0.4 is 0 Å². The molecule has 12 nitrogen and oxygen atoms in total. The minimum atomic E-state index is -1.62. The Hall–Kier alpha value is -0.480. The molecule has 4 heterocycles. The molecule has 0 bridgehead atoms. The summed E-state index contributed by atoms with van der Waals surface area (Å²) in [4.78, 5) is 0. The SMILES string of the molecule is CC1CCC2(OC1)OC1CC3C4CCC5CC(O[C@@H]6OC[C@H](O[C@@H]7O[C@H](CO)[C@@H](O)[C@H](O)[C@H]7O)[C@H](O)[C@H]6O)CCC5(C)C4CCC3(C)C1C2C. The van der Waals surface area contributed by atoms with E-state index in [4.69, 9.17) is 28.4 Å². The summed E-state index contributed by atoms with van der Waals surface area (Å²) in [5.74, 6) is 3.85. The predicted octanol–water partition coefficient (Wildman–Crippen LogP) is 2.08. The van der Waals surface area contributed by atoms with Gasteiger partial charge in [-0.1, -0.05) is 27.7 Å². The molecule has 12 unspecified atom stereocenters. The Morgan fingerprint density at radius 3 is 2.22 bits per heavy atom. The van der Waals surface area contributed by atoms with E-state index in [9.17, 15) is 30.6 Å². The van der Waals surface area contributed by atoms with Crippen LogP contribution in [0.5, 0.6) is 0 Å². The Kier molecular flexibility index (Phi) is 9.76. The number of aliphatic hydroxyl groups excluding tert-OH is 6. The maximum Gasteiger partial charge on any atom is 0.187 e. The van der Waals surface area contributed by atoms with E-state index in [0.29, 0.717) is 47.0 Å².